The van der Waals surface area contributed by atoms with Gasteiger partial charge >= 0.3 is 13.4 Å². The Balaban J connectivity index is 0.000000568. The van der Waals surface area contributed by atoms with Gasteiger partial charge in [0.15, 0.2) is 0 Å². The molecule has 1 aromatic carbocycles. The van der Waals surface area contributed by atoms with Crippen molar-refractivity contribution in [2.75, 3.05) is 6.61 Å². The van der Waals surface area contributed by atoms with Gasteiger partial charge in [-0.2, -0.15) is 8.78 Å². The predicted octanol–water partition coefficient (Wildman–Crippen LogP) is -0.731. The summed E-state index contributed by atoms with van der Waals surface area (Å²) in [4.78, 5) is 0. The second-order valence-corrected chi connectivity index (χ2v) is 4.39. The van der Waals surface area contributed by atoms with Gasteiger partial charge in [0.2, 0.25) is 41.1 Å². The highest BCUT2D eigenvalue weighted by Gasteiger charge is 2.32. The highest BCUT2D eigenvalue weighted by molar-refractivity contribution is 6.33. The molecule has 2 heterocycles. The van der Waals surface area contributed by atoms with Crippen molar-refractivity contribution in [2.45, 2.75) is 13.2 Å². The molecule has 3 rings (SSSR count). The van der Waals surface area contributed by atoms with E-state index in [1.807, 2.05) is 0 Å². The lowest BCUT2D eigenvalue weighted by Gasteiger charge is -2.06. The van der Waals surface area contributed by atoms with E-state index in [4.69, 9.17) is 4.74 Å². The number of fused-ring (bicyclic) bond motifs is 1. The molecule has 2 aromatic rings. The number of ether oxygens (including phenoxy) is 1. The van der Waals surface area contributed by atoms with Gasteiger partial charge in [-0.05, 0) is 0 Å². The minimum atomic E-state index is -3.67. The Kier molecular flexibility index (Phi) is 6.84. The fourth-order valence-corrected chi connectivity index (χ4v) is 1.93. The summed E-state index contributed by atoms with van der Waals surface area (Å²) in [6.45, 7) is 0.855. The van der Waals surface area contributed by atoms with E-state index in [2.05, 4.69) is 5.10 Å². The van der Waals surface area contributed by atoms with Crippen molar-refractivity contribution in [3.63, 3.8) is 0 Å². The number of hydrogen-bond donors (Lipinski definition) is 0. The highest BCUT2D eigenvalue weighted by Crippen LogP contribution is 2.25. The lowest BCUT2D eigenvalue weighted by Crippen LogP contribution is -3.00. The molecule has 0 saturated heterocycles. The summed E-state index contributed by atoms with van der Waals surface area (Å²) in [5.41, 5.74) is -1.11. The molecular weight excluding hydrogens is 372 g/mol. The Labute approximate surface area is 134 Å². The number of rotatable bonds is 1. The van der Waals surface area contributed by atoms with Crippen LogP contribution in [0.5, 0.6) is 0 Å². The summed E-state index contributed by atoms with van der Waals surface area (Å²) in [7, 11) is -3.67. The number of nitrogens with zero attached hydrogens (tertiary/aromatic N) is 3. The molecule has 1 aromatic heterocycles. The molecule has 0 aliphatic carbocycles. The number of benzene rings is 1. The summed E-state index contributed by atoms with van der Waals surface area (Å²) in [6, 6.07) is 0. The van der Waals surface area contributed by atoms with Crippen molar-refractivity contribution in [1.82, 2.24) is 9.78 Å². The van der Waals surface area contributed by atoms with Crippen molar-refractivity contribution >= 4 is 7.54 Å². The third kappa shape index (κ3) is 4.24. The first-order chi connectivity index (χ1) is 11.2. The van der Waals surface area contributed by atoms with Gasteiger partial charge in [-0.25, -0.2) is 17.7 Å². The fourth-order valence-electron chi connectivity index (χ4n) is 1.93. The Bertz CT molecular complexity index is 700. The average Bonchev–Trinajstić information content (AvgIpc) is 2.94. The summed E-state index contributed by atoms with van der Waals surface area (Å²) in [6.07, 6.45) is 1.16. The van der Waals surface area contributed by atoms with E-state index in [9.17, 15) is 34.9 Å². The zero-order valence-electron chi connectivity index (χ0n) is 11.9. The first-order valence-electron chi connectivity index (χ1n) is 6.23. The maximum atomic E-state index is 13.6. The molecule has 0 fully saturated rings. The Hall–Kier alpha value is -2.25. The third-order valence-electron chi connectivity index (χ3n) is 2.93. The summed E-state index contributed by atoms with van der Waals surface area (Å²) in [5.74, 6) is -9.73. The van der Waals surface area contributed by atoms with Gasteiger partial charge < -0.3 is 9.44 Å². The van der Waals surface area contributed by atoms with Crippen LogP contribution < -0.4 is 9.27 Å². The molecule has 0 atom stereocenters. The van der Waals surface area contributed by atoms with Crippen LogP contribution in [0.15, 0.2) is 6.33 Å². The molecule has 0 saturated carbocycles. The molecule has 0 N–H and O–H groups in total. The van der Waals surface area contributed by atoms with Crippen molar-refractivity contribution in [3.8, 4) is 5.69 Å². The van der Waals surface area contributed by atoms with Crippen LogP contribution in [0.1, 0.15) is 5.82 Å². The predicted molar refractivity (Wildman–Crippen MR) is 62.3 cm³/mol. The lowest BCUT2D eigenvalue weighted by molar-refractivity contribution is -0.717. The highest BCUT2D eigenvalue weighted by atomic mass is 19.4. The normalized spacial score (nSPS) is 12.6. The maximum absolute atomic E-state index is 13.6. The summed E-state index contributed by atoms with van der Waals surface area (Å²) in [5, 5.41) is 3.77. The second kappa shape index (κ2) is 8.22. The molecule has 0 unspecified atom stereocenters. The monoisotopic (exact) mass is 379 g/mol. The van der Waals surface area contributed by atoms with Crippen molar-refractivity contribution < 1.29 is 48.9 Å². The number of hydrogen-bond acceptors (Lipinski definition) is 2. The zero-order chi connectivity index (χ0) is 18.0. The molecule has 0 spiro atoms. The minimum absolute atomic E-state index is 0. The smallest absolute Gasteiger partial charge is 0.762 e. The molecule has 25 heavy (non-hydrogen) atoms. The van der Waals surface area contributed by atoms with E-state index in [0.717, 1.165) is 6.33 Å². The van der Waals surface area contributed by atoms with Gasteiger partial charge in [0, 0.05) is 5.10 Å². The van der Waals surface area contributed by atoms with E-state index >= 15 is 0 Å². The molecule has 4 nitrogen and oxygen atoms in total. The molecule has 1 aliphatic heterocycles. The van der Waals surface area contributed by atoms with Crippen molar-refractivity contribution in [1.29, 1.82) is 0 Å². The van der Waals surface area contributed by atoms with Crippen LogP contribution in [0.4, 0.5) is 34.9 Å². The minimum Gasteiger partial charge on any atom is -1.00 e. The van der Waals surface area contributed by atoms with E-state index in [0.29, 0.717) is 23.7 Å². The van der Waals surface area contributed by atoms with Gasteiger partial charge in [-0.3, -0.25) is 12.9 Å². The van der Waals surface area contributed by atoms with E-state index in [1.54, 1.807) is 0 Å². The average molecular weight is 379 g/mol. The maximum Gasteiger partial charge on any atom is 0.762 e. The Morgan fingerprint density at radius 2 is 1.44 bits per heavy atom. The first kappa shape index (κ1) is 20.8. The second-order valence-electron chi connectivity index (χ2n) is 4.39. The SMILES string of the molecule is FB(F)F.Fc1c(F)c(F)c(-n2c[n+]3c(n2)COCC3)c(F)c1F.[F-]. The topological polar surface area (TPSA) is 30.9 Å². The first-order valence-corrected chi connectivity index (χ1v) is 6.23. The van der Waals surface area contributed by atoms with E-state index in [-0.39, 0.29) is 11.3 Å². The van der Waals surface area contributed by atoms with Crippen LogP contribution in [-0.2, 0) is 17.9 Å². The van der Waals surface area contributed by atoms with E-state index < -0.39 is 42.3 Å². The molecule has 138 valence electrons. The van der Waals surface area contributed by atoms with Crippen LogP contribution in [-0.4, -0.2) is 23.9 Å². The number of aromatic nitrogens is 3. The van der Waals surface area contributed by atoms with Gasteiger partial charge in [0.05, 0.1) is 13.2 Å². The molecule has 0 amide bonds. The van der Waals surface area contributed by atoms with Crippen LogP contribution in [0, 0.1) is 29.1 Å². The van der Waals surface area contributed by atoms with Gasteiger partial charge in [0.25, 0.3) is 0 Å². The molecule has 0 bridgehead atoms. The van der Waals surface area contributed by atoms with Crippen LogP contribution in [0.25, 0.3) is 5.69 Å². The zero-order valence-corrected chi connectivity index (χ0v) is 11.9. The van der Waals surface area contributed by atoms with Crippen LogP contribution in [0.2, 0.25) is 0 Å². The fraction of sp³-hybridized carbons (Fsp3) is 0.273. The lowest BCUT2D eigenvalue weighted by atomic mass is 10.2. The Morgan fingerprint density at radius 3 is 1.92 bits per heavy atom. The standard InChI is InChI=1S/C11H7F5N3O.BF3.FH/c12-6-7(13)9(15)11(10(16)8(6)14)19-4-18-1-2-20-3-5(18)17-19;2-1(3)4;/h4H,1-3H2;;1H/q+1;;/p-1. The van der Waals surface area contributed by atoms with Crippen LogP contribution >= 0.6 is 0 Å². The van der Waals surface area contributed by atoms with Gasteiger partial charge in [0.1, 0.15) is 6.61 Å². The quantitative estimate of drug-likeness (QED) is 0.215. The molecule has 0 radical (unpaired) electrons. The molecule has 14 heteroatoms. The van der Waals surface area contributed by atoms with Crippen molar-refractivity contribution in [2.24, 2.45) is 0 Å². The van der Waals surface area contributed by atoms with Gasteiger partial charge in [-0.1, -0.05) is 4.68 Å². The molecular formula is C11H7BF9N3O. The van der Waals surface area contributed by atoms with Gasteiger partial charge in [-0.15, -0.1) is 0 Å². The summed E-state index contributed by atoms with van der Waals surface area (Å²) >= 11 is 0. The summed E-state index contributed by atoms with van der Waals surface area (Å²) < 4.78 is 103. The van der Waals surface area contributed by atoms with Crippen molar-refractivity contribution in [3.05, 3.63) is 41.2 Å². The Morgan fingerprint density at radius 1 is 0.960 bits per heavy atom. The van der Waals surface area contributed by atoms with E-state index in [1.165, 1.54) is 4.57 Å². The van der Waals surface area contributed by atoms with Crippen LogP contribution in [0.3, 0.4) is 0 Å². The number of halogens is 9. The largest absolute Gasteiger partial charge is 1.00 e. The molecule has 1 aliphatic rings. The third-order valence-corrected chi connectivity index (χ3v) is 2.93.